The van der Waals surface area contributed by atoms with Crippen LogP contribution in [0.25, 0.3) is 0 Å². The molecular formula is C15H24N2O2. The summed E-state index contributed by atoms with van der Waals surface area (Å²) < 4.78 is 0. The number of nitrogens with zero attached hydrogens (tertiary/aromatic N) is 1. The number of amides is 2. The van der Waals surface area contributed by atoms with Gasteiger partial charge in [0.1, 0.15) is 12.1 Å². The summed E-state index contributed by atoms with van der Waals surface area (Å²) in [6, 6.07) is -0.436. The molecule has 3 rings (SSSR count). The maximum absolute atomic E-state index is 12.6. The molecule has 3 aliphatic rings. The van der Waals surface area contributed by atoms with Crippen LogP contribution >= 0.6 is 0 Å². The first-order valence-corrected chi connectivity index (χ1v) is 7.81. The molecule has 0 aromatic heterocycles. The molecule has 1 saturated heterocycles. The van der Waals surface area contributed by atoms with Gasteiger partial charge in [0.15, 0.2) is 0 Å². The van der Waals surface area contributed by atoms with E-state index in [1.165, 1.54) is 19.3 Å². The Morgan fingerprint density at radius 1 is 1.21 bits per heavy atom. The number of hydrogen-bond donors (Lipinski definition) is 1. The lowest BCUT2D eigenvalue weighted by Gasteiger charge is -2.42. The molecule has 0 radical (unpaired) electrons. The van der Waals surface area contributed by atoms with Gasteiger partial charge in [-0.2, -0.15) is 0 Å². The predicted molar refractivity (Wildman–Crippen MR) is 72.4 cm³/mol. The smallest absolute Gasteiger partial charge is 0.245 e. The second-order valence-corrected chi connectivity index (χ2v) is 6.42. The highest BCUT2D eigenvalue weighted by Crippen LogP contribution is 2.39. The Bertz CT molecular complexity index is 374. The topological polar surface area (TPSA) is 49.4 Å². The molecular weight excluding hydrogens is 240 g/mol. The Labute approximate surface area is 114 Å². The van der Waals surface area contributed by atoms with Gasteiger partial charge in [-0.1, -0.05) is 19.8 Å². The fraction of sp³-hybridized carbons (Fsp3) is 0.867. The second-order valence-electron chi connectivity index (χ2n) is 6.42. The minimum Gasteiger partial charge on any atom is -0.342 e. The highest BCUT2D eigenvalue weighted by atomic mass is 16.2. The molecule has 1 N–H and O–H groups in total. The van der Waals surface area contributed by atoms with E-state index in [0.717, 1.165) is 32.2 Å². The average Bonchev–Trinajstić information content (AvgIpc) is 3.13. The van der Waals surface area contributed by atoms with Crippen molar-refractivity contribution in [1.29, 1.82) is 0 Å². The number of carbonyl (C=O) groups excluding carboxylic acids is 2. The lowest BCUT2D eigenvalue weighted by atomic mass is 9.84. The molecule has 4 nitrogen and oxygen atoms in total. The third kappa shape index (κ3) is 2.49. The summed E-state index contributed by atoms with van der Waals surface area (Å²) in [5.41, 5.74) is 0. The van der Waals surface area contributed by atoms with Crippen molar-refractivity contribution in [1.82, 2.24) is 10.2 Å². The molecule has 1 aliphatic heterocycles. The Morgan fingerprint density at radius 3 is 2.47 bits per heavy atom. The van der Waals surface area contributed by atoms with E-state index in [1.807, 2.05) is 4.90 Å². The largest absolute Gasteiger partial charge is 0.342 e. The van der Waals surface area contributed by atoms with E-state index >= 15 is 0 Å². The lowest BCUT2D eigenvalue weighted by molar-refractivity contribution is -0.151. The Kier molecular flexibility index (Phi) is 3.50. The third-order valence-corrected chi connectivity index (χ3v) is 4.83. The third-order valence-electron chi connectivity index (χ3n) is 4.83. The normalized spacial score (nSPS) is 32.2. The van der Waals surface area contributed by atoms with Gasteiger partial charge in [-0.15, -0.1) is 0 Å². The number of carbonyl (C=O) groups is 2. The molecule has 2 aliphatic carbocycles. The first kappa shape index (κ1) is 12.9. The van der Waals surface area contributed by atoms with Crippen LogP contribution < -0.4 is 5.32 Å². The summed E-state index contributed by atoms with van der Waals surface area (Å²) in [5, 5.41) is 2.95. The van der Waals surface area contributed by atoms with Crippen LogP contribution in [0.3, 0.4) is 0 Å². The summed E-state index contributed by atoms with van der Waals surface area (Å²) in [4.78, 5) is 26.8. The number of nitrogens with one attached hydrogen (secondary N) is 1. The van der Waals surface area contributed by atoms with Crippen molar-refractivity contribution in [2.45, 2.75) is 64.0 Å². The van der Waals surface area contributed by atoms with Gasteiger partial charge in [0.2, 0.25) is 11.8 Å². The van der Waals surface area contributed by atoms with E-state index in [1.54, 1.807) is 0 Å². The number of rotatable bonds is 5. The zero-order valence-electron chi connectivity index (χ0n) is 11.7. The van der Waals surface area contributed by atoms with Crippen molar-refractivity contribution in [3.63, 3.8) is 0 Å². The fourth-order valence-corrected chi connectivity index (χ4v) is 3.32. The van der Waals surface area contributed by atoms with Crippen molar-refractivity contribution >= 4 is 11.8 Å². The average molecular weight is 264 g/mol. The SMILES string of the molecule is CCCC1NC(=O)C(C2CC2)N(CC2CCC2)C1=O. The summed E-state index contributed by atoms with van der Waals surface area (Å²) in [7, 11) is 0. The van der Waals surface area contributed by atoms with Crippen LogP contribution in [0.5, 0.6) is 0 Å². The van der Waals surface area contributed by atoms with Gasteiger partial charge in [0.05, 0.1) is 0 Å². The van der Waals surface area contributed by atoms with E-state index < -0.39 is 0 Å². The summed E-state index contributed by atoms with van der Waals surface area (Å²) in [6.45, 7) is 2.87. The highest BCUT2D eigenvalue weighted by Gasteiger charge is 2.48. The molecule has 2 atom stereocenters. The van der Waals surface area contributed by atoms with Gasteiger partial charge >= 0.3 is 0 Å². The van der Waals surface area contributed by atoms with E-state index in [4.69, 9.17) is 0 Å². The first-order chi connectivity index (χ1) is 9.20. The molecule has 19 heavy (non-hydrogen) atoms. The van der Waals surface area contributed by atoms with Gasteiger partial charge in [-0.3, -0.25) is 9.59 Å². The molecule has 0 aromatic rings. The van der Waals surface area contributed by atoms with Crippen LogP contribution in [0, 0.1) is 11.8 Å². The molecule has 0 aromatic carbocycles. The van der Waals surface area contributed by atoms with Crippen LogP contribution in [0.1, 0.15) is 51.9 Å². The van der Waals surface area contributed by atoms with Crippen LogP contribution in [-0.4, -0.2) is 35.3 Å². The fourth-order valence-electron chi connectivity index (χ4n) is 3.32. The molecule has 1 heterocycles. The van der Waals surface area contributed by atoms with E-state index in [9.17, 15) is 9.59 Å². The van der Waals surface area contributed by atoms with E-state index in [0.29, 0.717) is 11.8 Å². The molecule has 2 saturated carbocycles. The number of hydrogen-bond acceptors (Lipinski definition) is 2. The molecule has 2 amide bonds. The zero-order valence-corrected chi connectivity index (χ0v) is 11.7. The highest BCUT2D eigenvalue weighted by molar-refractivity contribution is 5.97. The maximum atomic E-state index is 12.6. The second kappa shape index (κ2) is 5.14. The zero-order chi connectivity index (χ0) is 13.4. The van der Waals surface area contributed by atoms with Gasteiger partial charge in [-0.25, -0.2) is 0 Å². The summed E-state index contributed by atoms with van der Waals surface area (Å²) in [6.07, 6.45) is 7.63. The first-order valence-electron chi connectivity index (χ1n) is 7.81. The van der Waals surface area contributed by atoms with Crippen LogP contribution in [-0.2, 0) is 9.59 Å². The minimum absolute atomic E-state index is 0.0971. The van der Waals surface area contributed by atoms with Crippen molar-refractivity contribution in [2.75, 3.05) is 6.54 Å². The van der Waals surface area contributed by atoms with Gasteiger partial charge in [0.25, 0.3) is 0 Å². The minimum atomic E-state index is -0.271. The summed E-state index contributed by atoms with van der Waals surface area (Å²) >= 11 is 0. The number of piperazine rings is 1. The van der Waals surface area contributed by atoms with Crippen molar-refractivity contribution < 1.29 is 9.59 Å². The predicted octanol–water partition coefficient (Wildman–Crippen LogP) is 1.69. The molecule has 0 bridgehead atoms. The van der Waals surface area contributed by atoms with Gasteiger partial charge < -0.3 is 10.2 Å². The van der Waals surface area contributed by atoms with E-state index in [2.05, 4.69) is 12.2 Å². The quantitative estimate of drug-likeness (QED) is 0.821. The standard InChI is InChI=1S/C15H24N2O2/c1-2-4-12-15(19)17(9-10-5-3-6-10)13(11-7-8-11)14(18)16-12/h10-13H,2-9H2,1H3,(H,16,18). The summed E-state index contributed by atoms with van der Waals surface area (Å²) in [5.74, 6) is 1.33. The molecule has 106 valence electrons. The van der Waals surface area contributed by atoms with Gasteiger partial charge in [0, 0.05) is 6.54 Å². The molecule has 4 heteroatoms. The Balaban J connectivity index is 1.74. The Morgan fingerprint density at radius 2 is 1.95 bits per heavy atom. The monoisotopic (exact) mass is 264 g/mol. The molecule has 3 fully saturated rings. The van der Waals surface area contributed by atoms with Crippen molar-refractivity contribution in [3.8, 4) is 0 Å². The Hall–Kier alpha value is -1.06. The van der Waals surface area contributed by atoms with Crippen LogP contribution in [0.2, 0.25) is 0 Å². The van der Waals surface area contributed by atoms with Crippen LogP contribution in [0.4, 0.5) is 0 Å². The van der Waals surface area contributed by atoms with Gasteiger partial charge in [-0.05, 0) is 43.9 Å². The van der Waals surface area contributed by atoms with E-state index in [-0.39, 0.29) is 23.9 Å². The lowest BCUT2D eigenvalue weighted by Crippen LogP contribution is -2.64. The molecule has 2 unspecified atom stereocenters. The van der Waals surface area contributed by atoms with Crippen LogP contribution in [0.15, 0.2) is 0 Å². The maximum Gasteiger partial charge on any atom is 0.245 e. The molecule has 0 spiro atoms. The van der Waals surface area contributed by atoms with Crippen molar-refractivity contribution in [3.05, 3.63) is 0 Å². The van der Waals surface area contributed by atoms with Crippen molar-refractivity contribution in [2.24, 2.45) is 11.8 Å².